The van der Waals surface area contributed by atoms with E-state index in [2.05, 4.69) is 4.99 Å². The van der Waals surface area contributed by atoms with Crippen molar-refractivity contribution in [2.75, 3.05) is 0 Å². The summed E-state index contributed by atoms with van der Waals surface area (Å²) in [6.07, 6.45) is 2.47. The Morgan fingerprint density at radius 3 is 3.00 bits per heavy atom. The normalized spacial score (nSPS) is 14.7. The van der Waals surface area contributed by atoms with Gasteiger partial charge in [-0.1, -0.05) is 0 Å². The smallest absolute Gasteiger partial charge is 0.105 e. The third-order valence-corrected chi connectivity index (χ3v) is 1.50. The van der Waals surface area contributed by atoms with Gasteiger partial charge in [-0.2, -0.15) is 0 Å². The van der Waals surface area contributed by atoms with Crippen LogP contribution >= 0.6 is 0 Å². The summed E-state index contributed by atoms with van der Waals surface area (Å²) < 4.78 is 5.18. The zero-order valence-electron chi connectivity index (χ0n) is 7.45. The molecule has 2 N–H and O–H groups in total. The number of rotatable bonds is 3. The summed E-state index contributed by atoms with van der Waals surface area (Å²) in [4.78, 5) is 4.19. The van der Waals surface area contributed by atoms with Crippen LogP contribution < -0.4 is 5.73 Å². The van der Waals surface area contributed by atoms with E-state index in [1.54, 1.807) is 13.2 Å². The van der Waals surface area contributed by atoms with Crippen LogP contribution in [0.3, 0.4) is 0 Å². The van der Waals surface area contributed by atoms with Crippen LogP contribution in [-0.2, 0) is 6.42 Å². The highest BCUT2D eigenvalue weighted by Gasteiger charge is 2.02. The Kier molecular flexibility index (Phi) is 2.91. The zero-order valence-corrected chi connectivity index (χ0v) is 7.45. The SMILES string of the molecule is CC(N)=NC(C)Cc1ccco1. The van der Waals surface area contributed by atoms with E-state index in [0.717, 1.165) is 12.2 Å². The lowest BCUT2D eigenvalue weighted by molar-refractivity contribution is 0.492. The Morgan fingerprint density at radius 1 is 1.75 bits per heavy atom. The number of amidine groups is 1. The molecule has 3 nitrogen and oxygen atoms in total. The highest BCUT2D eigenvalue weighted by Crippen LogP contribution is 2.05. The van der Waals surface area contributed by atoms with Crippen LogP contribution in [0.1, 0.15) is 19.6 Å². The second-order valence-corrected chi connectivity index (χ2v) is 2.90. The molecule has 0 aromatic carbocycles. The zero-order chi connectivity index (χ0) is 8.97. The molecule has 0 bridgehead atoms. The van der Waals surface area contributed by atoms with E-state index >= 15 is 0 Å². The van der Waals surface area contributed by atoms with Gasteiger partial charge in [0.25, 0.3) is 0 Å². The fraction of sp³-hybridized carbons (Fsp3) is 0.444. The van der Waals surface area contributed by atoms with E-state index in [0.29, 0.717) is 5.84 Å². The minimum absolute atomic E-state index is 0.196. The molecule has 0 aliphatic carbocycles. The van der Waals surface area contributed by atoms with Crippen LogP contribution in [0.5, 0.6) is 0 Å². The number of aliphatic imine (C=N–C) groups is 1. The van der Waals surface area contributed by atoms with E-state index in [1.807, 2.05) is 19.1 Å². The second kappa shape index (κ2) is 3.95. The topological polar surface area (TPSA) is 51.5 Å². The molecule has 0 saturated carbocycles. The molecule has 1 aromatic rings. The van der Waals surface area contributed by atoms with E-state index < -0.39 is 0 Å². The van der Waals surface area contributed by atoms with Crippen molar-refractivity contribution < 1.29 is 4.42 Å². The van der Waals surface area contributed by atoms with E-state index in [4.69, 9.17) is 10.2 Å². The van der Waals surface area contributed by atoms with Gasteiger partial charge in [0.1, 0.15) is 5.76 Å². The van der Waals surface area contributed by atoms with E-state index in [1.165, 1.54) is 0 Å². The maximum atomic E-state index is 5.44. The molecule has 12 heavy (non-hydrogen) atoms. The molecule has 0 aliphatic heterocycles. The van der Waals surface area contributed by atoms with Crippen LogP contribution in [0.4, 0.5) is 0 Å². The summed E-state index contributed by atoms with van der Waals surface area (Å²) in [5, 5.41) is 0. The van der Waals surface area contributed by atoms with Crippen molar-refractivity contribution in [2.24, 2.45) is 10.7 Å². The third kappa shape index (κ3) is 2.78. The Morgan fingerprint density at radius 2 is 2.50 bits per heavy atom. The lowest BCUT2D eigenvalue weighted by atomic mass is 10.2. The lowest BCUT2D eigenvalue weighted by Crippen LogP contribution is -2.12. The summed E-state index contributed by atoms with van der Waals surface area (Å²) in [5.41, 5.74) is 5.44. The molecular formula is C9H14N2O. The van der Waals surface area contributed by atoms with E-state index in [9.17, 15) is 0 Å². The van der Waals surface area contributed by atoms with Crippen LogP contribution in [-0.4, -0.2) is 11.9 Å². The van der Waals surface area contributed by atoms with Gasteiger partial charge in [-0.25, -0.2) is 0 Å². The largest absolute Gasteiger partial charge is 0.469 e. The monoisotopic (exact) mass is 166 g/mol. The average Bonchev–Trinajstić information content (AvgIpc) is 2.37. The molecule has 0 aliphatic rings. The van der Waals surface area contributed by atoms with Crippen molar-refractivity contribution >= 4 is 5.84 Å². The quantitative estimate of drug-likeness (QED) is 0.547. The fourth-order valence-electron chi connectivity index (χ4n) is 1.11. The molecule has 0 fully saturated rings. The minimum Gasteiger partial charge on any atom is -0.469 e. The first-order chi connectivity index (χ1) is 5.68. The molecule has 0 saturated heterocycles. The van der Waals surface area contributed by atoms with Crippen molar-refractivity contribution in [3.05, 3.63) is 24.2 Å². The summed E-state index contributed by atoms with van der Waals surface area (Å²) in [6.45, 7) is 3.80. The molecule has 0 spiro atoms. The van der Waals surface area contributed by atoms with Crippen molar-refractivity contribution in [2.45, 2.75) is 26.3 Å². The van der Waals surface area contributed by atoms with Gasteiger partial charge < -0.3 is 10.2 Å². The first-order valence-electron chi connectivity index (χ1n) is 4.00. The molecule has 0 radical (unpaired) electrons. The Balaban J connectivity index is 2.47. The molecule has 66 valence electrons. The molecule has 1 unspecified atom stereocenters. The van der Waals surface area contributed by atoms with Crippen molar-refractivity contribution in [1.29, 1.82) is 0 Å². The van der Waals surface area contributed by atoms with Crippen LogP contribution in [0, 0.1) is 0 Å². The molecular weight excluding hydrogens is 152 g/mol. The number of furan rings is 1. The summed E-state index contributed by atoms with van der Waals surface area (Å²) in [7, 11) is 0. The van der Waals surface area contributed by atoms with E-state index in [-0.39, 0.29) is 6.04 Å². The highest BCUT2D eigenvalue weighted by molar-refractivity contribution is 5.77. The first-order valence-corrected chi connectivity index (χ1v) is 4.00. The van der Waals surface area contributed by atoms with Crippen molar-refractivity contribution in [1.82, 2.24) is 0 Å². The standard InChI is InChI=1S/C9H14N2O/c1-7(11-8(2)10)6-9-4-3-5-12-9/h3-5,7H,6H2,1-2H3,(H2,10,11). The van der Waals surface area contributed by atoms with Gasteiger partial charge in [0.2, 0.25) is 0 Å². The van der Waals surface area contributed by atoms with Crippen LogP contribution in [0.15, 0.2) is 27.8 Å². The Bertz CT molecular complexity index is 248. The van der Waals surface area contributed by atoms with Crippen LogP contribution in [0.25, 0.3) is 0 Å². The number of hydrogen-bond donors (Lipinski definition) is 1. The van der Waals surface area contributed by atoms with Gasteiger partial charge in [0.15, 0.2) is 0 Å². The predicted molar refractivity (Wildman–Crippen MR) is 49.2 cm³/mol. The summed E-state index contributed by atoms with van der Waals surface area (Å²) >= 11 is 0. The molecule has 1 atom stereocenters. The van der Waals surface area contributed by atoms with Crippen molar-refractivity contribution in [3.8, 4) is 0 Å². The average molecular weight is 166 g/mol. The Labute approximate surface area is 72.3 Å². The second-order valence-electron chi connectivity index (χ2n) is 2.90. The fourth-order valence-corrected chi connectivity index (χ4v) is 1.11. The molecule has 1 aromatic heterocycles. The maximum Gasteiger partial charge on any atom is 0.105 e. The van der Waals surface area contributed by atoms with Gasteiger partial charge in [-0.15, -0.1) is 0 Å². The highest BCUT2D eigenvalue weighted by atomic mass is 16.3. The van der Waals surface area contributed by atoms with Gasteiger partial charge in [-0.05, 0) is 26.0 Å². The Hall–Kier alpha value is -1.25. The minimum atomic E-state index is 0.196. The molecule has 1 heterocycles. The van der Waals surface area contributed by atoms with Gasteiger partial charge in [-0.3, -0.25) is 4.99 Å². The summed E-state index contributed by atoms with van der Waals surface area (Å²) in [6, 6.07) is 4.01. The van der Waals surface area contributed by atoms with Gasteiger partial charge in [0, 0.05) is 6.42 Å². The van der Waals surface area contributed by atoms with Crippen LogP contribution in [0.2, 0.25) is 0 Å². The van der Waals surface area contributed by atoms with Gasteiger partial charge in [0.05, 0.1) is 18.1 Å². The number of nitrogens with two attached hydrogens (primary N) is 1. The number of nitrogens with zero attached hydrogens (tertiary/aromatic N) is 1. The molecule has 1 rings (SSSR count). The third-order valence-electron chi connectivity index (χ3n) is 1.50. The maximum absolute atomic E-state index is 5.44. The number of hydrogen-bond acceptors (Lipinski definition) is 2. The molecule has 3 heteroatoms. The van der Waals surface area contributed by atoms with Crippen molar-refractivity contribution in [3.63, 3.8) is 0 Å². The first kappa shape index (κ1) is 8.84. The molecule has 0 amide bonds. The lowest BCUT2D eigenvalue weighted by Gasteiger charge is -2.03. The summed E-state index contributed by atoms with van der Waals surface area (Å²) in [5.74, 6) is 1.57. The van der Waals surface area contributed by atoms with Gasteiger partial charge >= 0.3 is 0 Å². The predicted octanol–water partition coefficient (Wildman–Crippen LogP) is 1.59.